The molecular formula is C15H22BrN3. The normalized spacial score (nSPS) is 11.1. The fourth-order valence-electron chi connectivity index (χ4n) is 1.97. The number of nitrogen functional groups attached to an aromatic ring is 1. The van der Waals surface area contributed by atoms with Gasteiger partial charge in [0.25, 0.3) is 0 Å². The summed E-state index contributed by atoms with van der Waals surface area (Å²) < 4.78 is 0.998. The molecule has 0 radical (unpaired) electrons. The number of unbranched alkanes of at least 4 members (excludes halogenated alkanes) is 1. The average molecular weight is 324 g/mol. The second-order valence-corrected chi connectivity index (χ2v) is 6.49. The van der Waals surface area contributed by atoms with Gasteiger partial charge in [0, 0.05) is 18.1 Å². The van der Waals surface area contributed by atoms with Crippen LogP contribution in [0, 0.1) is 16.7 Å². The van der Waals surface area contributed by atoms with E-state index in [9.17, 15) is 0 Å². The predicted octanol–water partition coefficient (Wildman–Crippen LogP) is 4.19. The predicted molar refractivity (Wildman–Crippen MR) is 85.1 cm³/mol. The average Bonchev–Trinajstić information content (AvgIpc) is 2.34. The molecule has 104 valence electrons. The maximum absolute atomic E-state index is 8.96. The van der Waals surface area contributed by atoms with Crippen LogP contribution in [0.5, 0.6) is 0 Å². The largest absolute Gasteiger partial charge is 0.397 e. The smallest absolute Gasteiger partial charge is 0.0683 e. The molecule has 0 aliphatic rings. The Bertz CT molecular complexity index is 463. The summed E-state index contributed by atoms with van der Waals surface area (Å²) in [6, 6.07) is 8.29. The summed E-state index contributed by atoms with van der Waals surface area (Å²) in [6.07, 6.45) is 3.06. The van der Waals surface area contributed by atoms with E-state index in [-0.39, 0.29) is 5.41 Å². The van der Waals surface area contributed by atoms with Crippen LogP contribution in [0.25, 0.3) is 0 Å². The molecule has 0 aliphatic carbocycles. The van der Waals surface area contributed by atoms with Crippen molar-refractivity contribution < 1.29 is 0 Å². The molecule has 0 bridgehead atoms. The van der Waals surface area contributed by atoms with E-state index in [0.29, 0.717) is 0 Å². The monoisotopic (exact) mass is 323 g/mol. The standard InChI is InChI=1S/C15H22BrN3/c1-15(2,11-17)8-4-5-9-19(3)14-7-6-12(16)10-13(14)18/h6-7,10H,4-5,8-9,18H2,1-3H3. The van der Waals surface area contributed by atoms with Crippen molar-refractivity contribution in [3.05, 3.63) is 22.7 Å². The van der Waals surface area contributed by atoms with Gasteiger partial charge in [-0.15, -0.1) is 0 Å². The quantitative estimate of drug-likeness (QED) is 0.630. The first-order chi connectivity index (χ1) is 8.85. The summed E-state index contributed by atoms with van der Waals surface area (Å²) in [5.74, 6) is 0. The van der Waals surface area contributed by atoms with Crippen LogP contribution in [-0.2, 0) is 0 Å². The molecule has 0 unspecified atom stereocenters. The first kappa shape index (κ1) is 15.8. The van der Waals surface area contributed by atoms with E-state index < -0.39 is 0 Å². The van der Waals surface area contributed by atoms with Gasteiger partial charge in [0.05, 0.1) is 22.9 Å². The lowest BCUT2D eigenvalue weighted by molar-refractivity contribution is 0.427. The van der Waals surface area contributed by atoms with Crippen LogP contribution in [0.4, 0.5) is 11.4 Å². The fourth-order valence-corrected chi connectivity index (χ4v) is 2.34. The zero-order chi connectivity index (χ0) is 14.5. The molecule has 0 amide bonds. The third-order valence-corrected chi connectivity index (χ3v) is 3.74. The van der Waals surface area contributed by atoms with Gasteiger partial charge in [0.15, 0.2) is 0 Å². The molecule has 0 spiro atoms. The van der Waals surface area contributed by atoms with Crippen molar-refractivity contribution in [2.75, 3.05) is 24.2 Å². The minimum absolute atomic E-state index is 0.213. The van der Waals surface area contributed by atoms with Crippen molar-refractivity contribution in [1.29, 1.82) is 5.26 Å². The second-order valence-electron chi connectivity index (χ2n) is 5.58. The van der Waals surface area contributed by atoms with Crippen LogP contribution in [0.15, 0.2) is 22.7 Å². The first-order valence-electron chi connectivity index (χ1n) is 6.53. The lowest BCUT2D eigenvalue weighted by Gasteiger charge is -2.22. The van der Waals surface area contributed by atoms with Crippen molar-refractivity contribution in [3.8, 4) is 6.07 Å². The maximum Gasteiger partial charge on any atom is 0.0683 e. The van der Waals surface area contributed by atoms with Crippen molar-refractivity contribution in [1.82, 2.24) is 0 Å². The lowest BCUT2D eigenvalue weighted by atomic mass is 9.89. The molecule has 0 fully saturated rings. The Morgan fingerprint density at radius 2 is 2.05 bits per heavy atom. The summed E-state index contributed by atoms with van der Waals surface area (Å²) in [5.41, 5.74) is 7.63. The molecule has 2 N–H and O–H groups in total. The van der Waals surface area contributed by atoms with Crippen molar-refractivity contribution >= 4 is 27.3 Å². The number of hydrogen-bond donors (Lipinski definition) is 1. The fraction of sp³-hybridized carbons (Fsp3) is 0.533. The minimum Gasteiger partial charge on any atom is -0.397 e. The SMILES string of the molecule is CN(CCCCC(C)(C)C#N)c1ccc(Br)cc1N. The summed E-state index contributed by atoms with van der Waals surface area (Å²) in [7, 11) is 2.05. The van der Waals surface area contributed by atoms with Crippen LogP contribution in [-0.4, -0.2) is 13.6 Å². The van der Waals surface area contributed by atoms with Crippen LogP contribution in [0.3, 0.4) is 0 Å². The topological polar surface area (TPSA) is 53.0 Å². The number of nitrogens with two attached hydrogens (primary N) is 1. The Labute approximate surface area is 124 Å². The highest BCUT2D eigenvalue weighted by Crippen LogP contribution is 2.27. The van der Waals surface area contributed by atoms with Gasteiger partial charge < -0.3 is 10.6 Å². The Morgan fingerprint density at radius 3 is 2.63 bits per heavy atom. The van der Waals surface area contributed by atoms with Gasteiger partial charge in [0.1, 0.15) is 0 Å². The molecule has 1 rings (SSSR count). The van der Waals surface area contributed by atoms with E-state index in [1.165, 1.54) is 0 Å². The summed E-state index contributed by atoms with van der Waals surface area (Å²) in [6.45, 7) is 4.93. The molecule has 19 heavy (non-hydrogen) atoms. The molecule has 0 saturated heterocycles. The van der Waals surface area contributed by atoms with Gasteiger partial charge in [-0.3, -0.25) is 0 Å². The van der Waals surface area contributed by atoms with E-state index in [1.54, 1.807) is 0 Å². The van der Waals surface area contributed by atoms with Crippen LogP contribution >= 0.6 is 15.9 Å². The highest BCUT2D eigenvalue weighted by Gasteiger charge is 2.15. The van der Waals surface area contributed by atoms with Gasteiger partial charge in [-0.1, -0.05) is 22.4 Å². The Kier molecular flexibility index (Phi) is 5.68. The van der Waals surface area contributed by atoms with E-state index >= 15 is 0 Å². The molecule has 0 heterocycles. The number of rotatable bonds is 6. The van der Waals surface area contributed by atoms with Crippen molar-refractivity contribution in [3.63, 3.8) is 0 Å². The van der Waals surface area contributed by atoms with Crippen molar-refractivity contribution in [2.45, 2.75) is 33.1 Å². The van der Waals surface area contributed by atoms with Gasteiger partial charge in [-0.25, -0.2) is 0 Å². The molecule has 1 aromatic rings. The third-order valence-electron chi connectivity index (χ3n) is 3.25. The van der Waals surface area contributed by atoms with Crippen LogP contribution in [0.2, 0.25) is 0 Å². The molecule has 3 nitrogen and oxygen atoms in total. The zero-order valence-electron chi connectivity index (χ0n) is 11.9. The minimum atomic E-state index is -0.213. The molecular weight excluding hydrogens is 302 g/mol. The number of anilines is 2. The number of nitriles is 1. The number of nitrogens with zero attached hydrogens (tertiary/aromatic N) is 2. The maximum atomic E-state index is 8.96. The molecule has 0 saturated carbocycles. The lowest BCUT2D eigenvalue weighted by Crippen LogP contribution is -2.20. The molecule has 0 atom stereocenters. The second kappa shape index (κ2) is 6.81. The van der Waals surface area contributed by atoms with Gasteiger partial charge in [0.2, 0.25) is 0 Å². The highest BCUT2D eigenvalue weighted by molar-refractivity contribution is 9.10. The van der Waals surface area contributed by atoms with Crippen molar-refractivity contribution in [2.24, 2.45) is 5.41 Å². The number of benzene rings is 1. The molecule has 0 aromatic heterocycles. The van der Waals surface area contributed by atoms with E-state index in [4.69, 9.17) is 11.0 Å². The first-order valence-corrected chi connectivity index (χ1v) is 7.32. The van der Waals surface area contributed by atoms with E-state index in [1.807, 2.05) is 32.0 Å². The molecule has 1 aromatic carbocycles. The van der Waals surface area contributed by atoms with Gasteiger partial charge >= 0.3 is 0 Å². The van der Waals surface area contributed by atoms with Crippen LogP contribution in [0.1, 0.15) is 33.1 Å². The molecule has 0 aliphatic heterocycles. The van der Waals surface area contributed by atoms with E-state index in [2.05, 4.69) is 33.9 Å². The van der Waals surface area contributed by atoms with E-state index in [0.717, 1.165) is 41.7 Å². The number of halogens is 1. The summed E-state index contributed by atoms with van der Waals surface area (Å²) in [5, 5.41) is 8.96. The zero-order valence-corrected chi connectivity index (χ0v) is 13.5. The highest BCUT2D eigenvalue weighted by atomic mass is 79.9. The Balaban J connectivity index is 2.44. The van der Waals surface area contributed by atoms with Crippen LogP contribution < -0.4 is 10.6 Å². The summed E-state index contributed by atoms with van der Waals surface area (Å²) in [4.78, 5) is 2.17. The summed E-state index contributed by atoms with van der Waals surface area (Å²) >= 11 is 3.41. The van der Waals surface area contributed by atoms with Gasteiger partial charge in [-0.2, -0.15) is 5.26 Å². The number of hydrogen-bond acceptors (Lipinski definition) is 3. The Morgan fingerprint density at radius 1 is 1.37 bits per heavy atom. The molecule has 4 heteroatoms. The van der Waals surface area contributed by atoms with Gasteiger partial charge in [-0.05, 0) is 44.9 Å². The third kappa shape index (κ3) is 5.12. The Hall–Kier alpha value is -1.21.